The fraction of sp³-hybridized carbons (Fsp3) is 0.455. The number of rotatable bonds is 5. The molecule has 0 saturated carbocycles. The van der Waals surface area contributed by atoms with Gasteiger partial charge in [0.2, 0.25) is 10.0 Å². The summed E-state index contributed by atoms with van der Waals surface area (Å²) in [5, 5.41) is 0. The van der Waals surface area contributed by atoms with Gasteiger partial charge in [-0.2, -0.15) is 0 Å². The van der Waals surface area contributed by atoms with Crippen LogP contribution < -0.4 is 0 Å². The van der Waals surface area contributed by atoms with Gasteiger partial charge in [-0.15, -0.1) is 0 Å². The van der Waals surface area contributed by atoms with Crippen molar-refractivity contribution in [2.24, 2.45) is 0 Å². The highest BCUT2D eigenvalue weighted by Crippen LogP contribution is 2.28. The Kier molecular flexibility index (Phi) is 5.24. The average molecular weight is 342 g/mol. The van der Waals surface area contributed by atoms with Crippen LogP contribution in [0.25, 0.3) is 0 Å². The van der Waals surface area contributed by atoms with E-state index in [0.717, 1.165) is 16.8 Å². The van der Waals surface area contributed by atoms with Crippen molar-refractivity contribution in [3.8, 4) is 0 Å². The molecule has 0 radical (unpaired) electrons. The summed E-state index contributed by atoms with van der Waals surface area (Å²) in [6.45, 7) is 2.22. The molecule has 3 nitrogen and oxygen atoms in total. The van der Waals surface area contributed by atoms with Crippen LogP contribution in [-0.4, -0.2) is 26.3 Å². The van der Waals surface area contributed by atoms with E-state index in [-0.39, 0.29) is 4.47 Å². The number of halogens is 3. The Morgan fingerprint density at radius 3 is 2.44 bits per heavy atom. The number of hydrogen-bond acceptors (Lipinski definition) is 2. The third kappa shape index (κ3) is 3.27. The molecule has 1 aromatic rings. The summed E-state index contributed by atoms with van der Waals surface area (Å²) in [5.74, 6) is -1.92. The minimum Gasteiger partial charge on any atom is -0.207 e. The van der Waals surface area contributed by atoms with Gasteiger partial charge >= 0.3 is 0 Å². The van der Waals surface area contributed by atoms with E-state index >= 15 is 0 Å². The number of hydrogen-bond donors (Lipinski definition) is 0. The maximum Gasteiger partial charge on any atom is 0.246 e. The van der Waals surface area contributed by atoms with Gasteiger partial charge in [-0.1, -0.05) is 13.3 Å². The summed E-state index contributed by atoms with van der Waals surface area (Å²) in [6.07, 6.45) is 1.50. The molecule has 0 N–H and O–H groups in total. The molecule has 0 spiro atoms. The van der Waals surface area contributed by atoms with Crippen LogP contribution in [0, 0.1) is 11.6 Å². The van der Waals surface area contributed by atoms with E-state index in [1.54, 1.807) is 0 Å². The molecule has 0 heterocycles. The Bertz CT molecular complexity index is 511. The van der Waals surface area contributed by atoms with Crippen LogP contribution in [0.4, 0.5) is 8.78 Å². The van der Waals surface area contributed by atoms with E-state index in [9.17, 15) is 17.2 Å². The van der Waals surface area contributed by atoms with Gasteiger partial charge in [0.25, 0.3) is 0 Å². The second-order valence-electron chi connectivity index (χ2n) is 3.88. The van der Waals surface area contributed by atoms with Crippen LogP contribution in [0.2, 0.25) is 0 Å². The standard InChI is InChI=1S/C11H14BrF2NO2S/c1-3-4-5-15(2)18(16,17)11-9(12)6-8(13)7-10(11)14/h6-7H,3-5H2,1-2H3. The van der Waals surface area contributed by atoms with Gasteiger partial charge in [-0.3, -0.25) is 0 Å². The van der Waals surface area contributed by atoms with Gasteiger partial charge in [0.15, 0.2) is 0 Å². The van der Waals surface area contributed by atoms with E-state index in [0.29, 0.717) is 19.0 Å². The highest BCUT2D eigenvalue weighted by molar-refractivity contribution is 9.10. The lowest BCUT2D eigenvalue weighted by Crippen LogP contribution is -2.29. The van der Waals surface area contributed by atoms with Gasteiger partial charge in [0.05, 0.1) is 0 Å². The van der Waals surface area contributed by atoms with Gasteiger partial charge in [-0.25, -0.2) is 21.5 Å². The molecule has 0 unspecified atom stereocenters. The monoisotopic (exact) mass is 341 g/mol. The minimum atomic E-state index is -3.94. The second-order valence-corrected chi connectivity index (χ2v) is 6.71. The molecule has 0 saturated heterocycles. The zero-order valence-corrected chi connectivity index (χ0v) is 12.5. The second kappa shape index (κ2) is 6.08. The topological polar surface area (TPSA) is 37.4 Å². The van der Waals surface area contributed by atoms with Crippen LogP contribution in [0.5, 0.6) is 0 Å². The molecule has 1 rings (SSSR count). The molecule has 18 heavy (non-hydrogen) atoms. The van der Waals surface area contributed by atoms with E-state index in [1.165, 1.54) is 7.05 Å². The Morgan fingerprint density at radius 1 is 1.33 bits per heavy atom. The SMILES string of the molecule is CCCCN(C)S(=O)(=O)c1c(F)cc(F)cc1Br. The molecule has 7 heteroatoms. The lowest BCUT2D eigenvalue weighted by molar-refractivity contribution is 0.452. The molecule has 0 fully saturated rings. The maximum atomic E-state index is 13.6. The molecular weight excluding hydrogens is 328 g/mol. The van der Waals surface area contributed by atoms with E-state index in [2.05, 4.69) is 15.9 Å². The first kappa shape index (κ1) is 15.5. The number of nitrogens with zero attached hydrogens (tertiary/aromatic N) is 1. The van der Waals surface area contributed by atoms with Gasteiger partial charge < -0.3 is 0 Å². The van der Waals surface area contributed by atoms with Crippen LogP contribution in [0.1, 0.15) is 19.8 Å². The maximum absolute atomic E-state index is 13.6. The van der Waals surface area contributed by atoms with Crippen LogP contribution in [0.15, 0.2) is 21.5 Å². The van der Waals surface area contributed by atoms with Crippen molar-refractivity contribution >= 4 is 26.0 Å². The summed E-state index contributed by atoms with van der Waals surface area (Å²) in [5.41, 5.74) is 0. The zero-order chi connectivity index (χ0) is 13.9. The summed E-state index contributed by atoms with van der Waals surface area (Å²) >= 11 is 2.88. The van der Waals surface area contributed by atoms with Crippen molar-refractivity contribution in [1.82, 2.24) is 4.31 Å². The van der Waals surface area contributed by atoms with Crippen molar-refractivity contribution in [2.75, 3.05) is 13.6 Å². The normalized spacial score (nSPS) is 12.1. The molecule has 0 aliphatic carbocycles. The molecule has 0 aliphatic rings. The third-order valence-corrected chi connectivity index (χ3v) is 5.28. The van der Waals surface area contributed by atoms with Crippen LogP contribution >= 0.6 is 15.9 Å². The Morgan fingerprint density at radius 2 is 1.94 bits per heavy atom. The summed E-state index contributed by atoms with van der Waals surface area (Å²) in [6, 6.07) is 1.49. The molecule has 0 aromatic heterocycles. The predicted molar refractivity (Wildman–Crippen MR) is 68.8 cm³/mol. The number of sulfonamides is 1. The third-order valence-electron chi connectivity index (χ3n) is 2.46. The van der Waals surface area contributed by atoms with Crippen LogP contribution in [0.3, 0.4) is 0 Å². The quantitative estimate of drug-likeness (QED) is 0.824. The fourth-order valence-corrected chi connectivity index (χ4v) is 3.75. The smallest absolute Gasteiger partial charge is 0.207 e. The molecule has 102 valence electrons. The van der Waals surface area contributed by atoms with Gasteiger partial charge in [0.1, 0.15) is 16.5 Å². The largest absolute Gasteiger partial charge is 0.246 e. The first-order valence-electron chi connectivity index (χ1n) is 5.41. The predicted octanol–water partition coefficient (Wildman–Crippen LogP) is 3.15. The summed E-state index contributed by atoms with van der Waals surface area (Å²) in [7, 11) is -2.57. The average Bonchev–Trinajstić information content (AvgIpc) is 2.23. The lowest BCUT2D eigenvalue weighted by Gasteiger charge is -2.18. The van der Waals surface area contributed by atoms with Crippen molar-refractivity contribution in [2.45, 2.75) is 24.7 Å². The first-order valence-corrected chi connectivity index (χ1v) is 7.65. The van der Waals surface area contributed by atoms with Gasteiger partial charge in [-0.05, 0) is 28.4 Å². The lowest BCUT2D eigenvalue weighted by atomic mass is 10.3. The van der Waals surface area contributed by atoms with E-state index in [1.807, 2.05) is 6.92 Å². The van der Waals surface area contributed by atoms with Crippen molar-refractivity contribution in [3.05, 3.63) is 28.2 Å². The van der Waals surface area contributed by atoms with Crippen molar-refractivity contribution < 1.29 is 17.2 Å². The Labute approximate surface area is 114 Å². The molecule has 0 bridgehead atoms. The van der Waals surface area contributed by atoms with Crippen molar-refractivity contribution in [3.63, 3.8) is 0 Å². The molecule has 0 aliphatic heterocycles. The van der Waals surface area contributed by atoms with Crippen LogP contribution in [-0.2, 0) is 10.0 Å². The minimum absolute atomic E-state index is 0.108. The summed E-state index contributed by atoms with van der Waals surface area (Å²) in [4.78, 5) is -0.525. The number of unbranched alkanes of at least 4 members (excludes halogenated alkanes) is 1. The Hall–Kier alpha value is -0.530. The number of benzene rings is 1. The zero-order valence-electron chi connectivity index (χ0n) is 10.1. The highest BCUT2D eigenvalue weighted by Gasteiger charge is 2.27. The Balaban J connectivity index is 3.20. The van der Waals surface area contributed by atoms with E-state index in [4.69, 9.17) is 0 Å². The summed E-state index contributed by atoms with van der Waals surface area (Å²) < 4.78 is 51.7. The fourth-order valence-electron chi connectivity index (χ4n) is 1.43. The molecule has 0 amide bonds. The highest BCUT2D eigenvalue weighted by atomic mass is 79.9. The molecular formula is C11H14BrF2NO2S. The van der Waals surface area contributed by atoms with Crippen molar-refractivity contribution in [1.29, 1.82) is 0 Å². The van der Waals surface area contributed by atoms with Gasteiger partial charge in [0, 0.05) is 24.1 Å². The van der Waals surface area contributed by atoms with E-state index < -0.39 is 26.6 Å². The first-order chi connectivity index (χ1) is 8.30. The molecule has 1 aromatic carbocycles. The molecule has 0 atom stereocenters.